The first-order valence-electron chi connectivity index (χ1n) is 5.67. The number of hydrogen-bond acceptors (Lipinski definition) is 4. The van der Waals surface area contributed by atoms with Crippen molar-refractivity contribution in [3.63, 3.8) is 0 Å². The number of nitrogens with two attached hydrogens (primary N) is 1. The van der Waals surface area contributed by atoms with Crippen LogP contribution in [0.5, 0.6) is 0 Å². The maximum Gasteiger partial charge on any atom is 0.155 e. The van der Waals surface area contributed by atoms with E-state index in [1.165, 1.54) is 9.60 Å². The number of rotatable bonds is 3. The van der Waals surface area contributed by atoms with Crippen LogP contribution in [0.1, 0.15) is 5.56 Å². The summed E-state index contributed by atoms with van der Waals surface area (Å²) >= 11 is 3.43. The monoisotopic (exact) mass is 272 g/mol. The van der Waals surface area contributed by atoms with Crippen molar-refractivity contribution in [3.05, 3.63) is 54.1 Å². The lowest BCUT2D eigenvalue weighted by Gasteiger charge is -1.99. The average molecular weight is 272 g/mol. The molecule has 90 valence electrons. The van der Waals surface area contributed by atoms with Gasteiger partial charge in [0.15, 0.2) is 4.34 Å². The molecular formula is C14H12N2S2. The molecule has 0 spiro atoms. The summed E-state index contributed by atoms with van der Waals surface area (Å²) in [5, 5.41) is 0. The van der Waals surface area contributed by atoms with Crippen molar-refractivity contribution in [1.82, 2.24) is 4.98 Å². The van der Waals surface area contributed by atoms with Gasteiger partial charge in [-0.25, -0.2) is 4.98 Å². The first-order chi connectivity index (χ1) is 8.85. The summed E-state index contributed by atoms with van der Waals surface area (Å²) in [6, 6.07) is 16.5. The fraction of sp³-hybridized carbons (Fsp3) is 0.0714. The number of fused-ring (bicyclic) bond motifs is 1. The second-order valence-electron chi connectivity index (χ2n) is 3.90. The van der Waals surface area contributed by atoms with Crippen LogP contribution in [-0.4, -0.2) is 4.98 Å². The molecule has 0 saturated heterocycles. The molecule has 2 nitrogen and oxygen atoms in total. The van der Waals surface area contributed by atoms with E-state index in [0.717, 1.165) is 15.4 Å². The number of nitrogens with zero attached hydrogens (tertiary/aromatic N) is 1. The fourth-order valence-electron chi connectivity index (χ4n) is 1.69. The van der Waals surface area contributed by atoms with Crippen LogP contribution < -0.4 is 5.73 Å². The van der Waals surface area contributed by atoms with Crippen molar-refractivity contribution in [2.75, 3.05) is 0 Å². The van der Waals surface area contributed by atoms with Crippen molar-refractivity contribution in [2.45, 2.75) is 15.8 Å². The highest BCUT2D eigenvalue weighted by molar-refractivity contribution is 8.01. The Morgan fingerprint density at radius 1 is 1.06 bits per heavy atom. The quantitative estimate of drug-likeness (QED) is 0.785. The molecule has 0 atom stereocenters. The van der Waals surface area contributed by atoms with E-state index in [4.69, 9.17) is 5.73 Å². The van der Waals surface area contributed by atoms with Crippen molar-refractivity contribution >= 4 is 33.3 Å². The highest BCUT2D eigenvalue weighted by Gasteiger charge is 2.04. The zero-order valence-corrected chi connectivity index (χ0v) is 11.3. The number of aromatic nitrogens is 1. The standard InChI is InChI=1S/C14H12N2S2/c15-9-10-5-7-11(8-6-10)17-14-16-12-3-1-2-4-13(12)18-14/h1-8H,9,15H2. The predicted octanol–water partition coefficient (Wildman–Crippen LogP) is 3.91. The molecule has 4 heteroatoms. The van der Waals surface area contributed by atoms with Gasteiger partial charge in [-0.2, -0.15) is 0 Å². The lowest BCUT2D eigenvalue weighted by molar-refractivity contribution is 1.07. The molecule has 0 aliphatic heterocycles. The van der Waals surface area contributed by atoms with E-state index in [-0.39, 0.29) is 0 Å². The summed E-state index contributed by atoms with van der Waals surface area (Å²) in [6.07, 6.45) is 0. The SMILES string of the molecule is NCc1ccc(Sc2nc3ccccc3s2)cc1. The molecule has 0 unspecified atom stereocenters. The summed E-state index contributed by atoms with van der Waals surface area (Å²) in [5.74, 6) is 0. The van der Waals surface area contributed by atoms with Crippen LogP contribution in [0.3, 0.4) is 0 Å². The first-order valence-corrected chi connectivity index (χ1v) is 7.31. The van der Waals surface area contributed by atoms with Gasteiger partial charge >= 0.3 is 0 Å². The highest BCUT2D eigenvalue weighted by atomic mass is 32.2. The Balaban J connectivity index is 1.86. The maximum absolute atomic E-state index is 5.59. The molecule has 1 aromatic heterocycles. The highest BCUT2D eigenvalue weighted by Crippen LogP contribution is 2.34. The molecule has 3 aromatic rings. The van der Waals surface area contributed by atoms with Gasteiger partial charge in [0.2, 0.25) is 0 Å². The molecule has 2 N–H and O–H groups in total. The minimum Gasteiger partial charge on any atom is -0.326 e. The Labute approximate surface area is 114 Å². The van der Waals surface area contributed by atoms with Gasteiger partial charge in [-0.05, 0) is 29.8 Å². The van der Waals surface area contributed by atoms with Gasteiger partial charge in [0.25, 0.3) is 0 Å². The molecule has 0 aliphatic carbocycles. The number of thiazole rings is 1. The van der Waals surface area contributed by atoms with E-state index in [2.05, 4.69) is 35.3 Å². The summed E-state index contributed by atoms with van der Waals surface area (Å²) < 4.78 is 2.32. The zero-order valence-electron chi connectivity index (χ0n) is 9.67. The summed E-state index contributed by atoms with van der Waals surface area (Å²) in [4.78, 5) is 5.81. The van der Waals surface area contributed by atoms with Crippen LogP contribution in [0.4, 0.5) is 0 Å². The van der Waals surface area contributed by atoms with Crippen molar-refractivity contribution in [3.8, 4) is 0 Å². The molecule has 0 aliphatic rings. The Morgan fingerprint density at radius 3 is 2.56 bits per heavy atom. The van der Waals surface area contributed by atoms with Gasteiger partial charge in [0.05, 0.1) is 10.2 Å². The Bertz CT molecular complexity index is 626. The minimum absolute atomic E-state index is 0.589. The van der Waals surface area contributed by atoms with Crippen molar-refractivity contribution in [2.24, 2.45) is 5.73 Å². The van der Waals surface area contributed by atoms with Gasteiger partial charge in [-0.15, -0.1) is 11.3 Å². The molecule has 0 radical (unpaired) electrons. The van der Waals surface area contributed by atoms with Crippen LogP contribution in [0.2, 0.25) is 0 Å². The van der Waals surface area contributed by atoms with Crippen LogP contribution in [0.15, 0.2) is 57.8 Å². The first kappa shape index (κ1) is 11.7. The van der Waals surface area contributed by atoms with Crippen LogP contribution >= 0.6 is 23.1 Å². The Kier molecular flexibility index (Phi) is 3.32. The lowest BCUT2D eigenvalue weighted by Crippen LogP contribution is -1.94. The molecule has 0 fully saturated rings. The predicted molar refractivity (Wildman–Crippen MR) is 78.1 cm³/mol. The second kappa shape index (κ2) is 5.10. The van der Waals surface area contributed by atoms with E-state index < -0.39 is 0 Å². The van der Waals surface area contributed by atoms with Gasteiger partial charge in [0.1, 0.15) is 0 Å². The third kappa shape index (κ3) is 2.41. The smallest absolute Gasteiger partial charge is 0.155 e. The average Bonchev–Trinajstić information content (AvgIpc) is 2.82. The van der Waals surface area contributed by atoms with Crippen LogP contribution in [0.25, 0.3) is 10.2 Å². The Hall–Kier alpha value is -1.36. The lowest BCUT2D eigenvalue weighted by atomic mass is 10.2. The summed E-state index contributed by atoms with van der Waals surface area (Å²) in [6.45, 7) is 0.589. The van der Waals surface area contributed by atoms with Crippen LogP contribution in [0, 0.1) is 0 Å². The van der Waals surface area contributed by atoms with E-state index >= 15 is 0 Å². The summed E-state index contributed by atoms with van der Waals surface area (Å²) in [5.41, 5.74) is 7.82. The van der Waals surface area contributed by atoms with E-state index in [1.807, 2.05) is 18.2 Å². The van der Waals surface area contributed by atoms with E-state index in [0.29, 0.717) is 6.54 Å². The van der Waals surface area contributed by atoms with Crippen LogP contribution in [-0.2, 0) is 6.54 Å². The molecular weight excluding hydrogens is 260 g/mol. The zero-order chi connectivity index (χ0) is 12.4. The van der Waals surface area contributed by atoms with E-state index in [1.54, 1.807) is 23.1 Å². The molecule has 2 aromatic carbocycles. The van der Waals surface area contributed by atoms with Gasteiger partial charge in [-0.3, -0.25) is 0 Å². The second-order valence-corrected chi connectivity index (χ2v) is 6.25. The normalized spacial score (nSPS) is 10.9. The molecule has 0 bridgehead atoms. The fourth-order valence-corrected chi connectivity index (χ4v) is 3.73. The number of hydrogen-bond donors (Lipinski definition) is 1. The van der Waals surface area contributed by atoms with Crippen molar-refractivity contribution < 1.29 is 0 Å². The van der Waals surface area contributed by atoms with Gasteiger partial charge < -0.3 is 5.73 Å². The van der Waals surface area contributed by atoms with Gasteiger partial charge in [-0.1, -0.05) is 36.0 Å². The van der Waals surface area contributed by atoms with Gasteiger partial charge in [0, 0.05) is 11.4 Å². The molecule has 0 saturated carbocycles. The molecule has 1 heterocycles. The number of benzene rings is 2. The third-order valence-electron chi connectivity index (χ3n) is 2.64. The minimum atomic E-state index is 0.589. The Morgan fingerprint density at radius 2 is 1.83 bits per heavy atom. The summed E-state index contributed by atoms with van der Waals surface area (Å²) in [7, 11) is 0. The maximum atomic E-state index is 5.59. The number of para-hydroxylation sites is 1. The largest absolute Gasteiger partial charge is 0.326 e. The molecule has 0 amide bonds. The third-order valence-corrected chi connectivity index (χ3v) is 4.74. The topological polar surface area (TPSA) is 38.9 Å². The van der Waals surface area contributed by atoms with Crippen molar-refractivity contribution in [1.29, 1.82) is 0 Å². The molecule has 18 heavy (non-hydrogen) atoms. The molecule has 3 rings (SSSR count). The van der Waals surface area contributed by atoms with E-state index in [9.17, 15) is 0 Å².